The summed E-state index contributed by atoms with van der Waals surface area (Å²) in [6.07, 6.45) is 1.72. The Morgan fingerprint density at radius 1 is 1.09 bits per heavy atom. The topological polar surface area (TPSA) is 50.5 Å². The van der Waals surface area contributed by atoms with Crippen molar-refractivity contribution < 1.29 is 21.6 Å². The van der Waals surface area contributed by atoms with Crippen LogP contribution in [-0.2, 0) is 15.8 Å². The van der Waals surface area contributed by atoms with Gasteiger partial charge >= 0.3 is 0 Å². The average molecular weight is 359 g/mol. The number of sulfonamides is 1. The highest BCUT2D eigenvalue weighted by atomic mass is 32.2. The summed E-state index contributed by atoms with van der Waals surface area (Å²) in [5.74, 6) is -1.00. The summed E-state index contributed by atoms with van der Waals surface area (Å²) in [4.78, 5) is 0.546. The maximum atomic E-state index is 13.1. The van der Waals surface area contributed by atoms with Crippen molar-refractivity contribution in [3.63, 3.8) is 0 Å². The fraction of sp³-hybridized carbons (Fsp3) is 0.333. The van der Waals surface area contributed by atoms with E-state index in [1.54, 1.807) is 6.07 Å². The molecule has 1 aromatic carbocycles. The Morgan fingerprint density at radius 3 is 2.52 bits per heavy atom. The van der Waals surface area contributed by atoms with E-state index in [0.717, 1.165) is 25.0 Å². The number of benzene rings is 1. The number of nitrogens with zero attached hydrogens (tertiary/aromatic N) is 1. The monoisotopic (exact) mass is 359 g/mol. The standard InChI is InChI=1S/C15H15F2NO3S2/c16-13-5-4-12(9-14(13)17)22-10-11-3-6-15(21-11)23(19,20)18-7-1-2-8-18/h3-6,9H,1-2,7-8,10H2. The maximum absolute atomic E-state index is 13.1. The quantitative estimate of drug-likeness (QED) is 0.765. The molecule has 23 heavy (non-hydrogen) atoms. The van der Waals surface area contributed by atoms with Gasteiger partial charge < -0.3 is 4.42 Å². The molecule has 1 aliphatic heterocycles. The summed E-state index contributed by atoms with van der Waals surface area (Å²) >= 11 is 1.24. The third-order valence-electron chi connectivity index (χ3n) is 3.57. The Balaban J connectivity index is 1.68. The number of hydrogen-bond acceptors (Lipinski definition) is 4. The largest absolute Gasteiger partial charge is 0.447 e. The van der Waals surface area contributed by atoms with Gasteiger partial charge in [0.25, 0.3) is 10.0 Å². The van der Waals surface area contributed by atoms with Crippen molar-refractivity contribution in [1.29, 1.82) is 0 Å². The van der Waals surface area contributed by atoms with Gasteiger partial charge in [-0.25, -0.2) is 17.2 Å². The van der Waals surface area contributed by atoms with Crippen LogP contribution in [0.4, 0.5) is 8.78 Å². The molecule has 0 radical (unpaired) electrons. The first-order valence-electron chi connectivity index (χ1n) is 7.13. The minimum atomic E-state index is -3.57. The summed E-state index contributed by atoms with van der Waals surface area (Å²) in [5.41, 5.74) is 0. The number of furan rings is 1. The summed E-state index contributed by atoms with van der Waals surface area (Å²) in [6.45, 7) is 1.03. The van der Waals surface area contributed by atoms with Crippen LogP contribution in [0.3, 0.4) is 0 Å². The third-order valence-corrected chi connectivity index (χ3v) is 6.36. The minimum absolute atomic E-state index is 0.0692. The molecule has 4 nitrogen and oxygen atoms in total. The highest BCUT2D eigenvalue weighted by Gasteiger charge is 2.29. The lowest BCUT2D eigenvalue weighted by molar-refractivity contribution is 0.397. The molecule has 8 heteroatoms. The van der Waals surface area contributed by atoms with Gasteiger partial charge in [-0.05, 0) is 43.2 Å². The van der Waals surface area contributed by atoms with Gasteiger partial charge in [-0.3, -0.25) is 0 Å². The van der Waals surface area contributed by atoms with E-state index in [1.165, 1.54) is 28.2 Å². The average Bonchev–Trinajstić information content (AvgIpc) is 3.20. The molecular weight excluding hydrogens is 344 g/mol. The maximum Gasteiger partial charge on any atom is 0.276 e. The molecule has 0 aliphatic carbocycles. The Kier molecular flexibility index (Phi) is 4.74. The lowest BCUT2D eigenvalue weighted by Crippen LogP contribution is -2.27. The van der Waals surface area contributed by atoms with E-state index in [-0.39, 0.29) is 5.09 Å². The normalized spacial score (nSPS) is 16.1. The van der Waals surface area contributed by atoms with E-state index in [4.69, 9.17) is 4.42 Å². The summed E-state index contributed by atoms with van der Waals surface area (Å²) in [7, 11) is -3.57. The van der Waals surface area contributed by atoms with Gasteiger partial charge in [0.05, 0.1) is 5.75 Å². The molecule has 0 saturated carbocycles. The van der Waals surface area contributed by atoms with Crippen LogP contribution in [0.5, 0.6) is 0 Å². The molecule has 1 saturated heterocycles. The Morgan fingerprint density at radius 2 is 1.83 bits per heavy atom. The third kappa shape index (κ3) is 3.59. The van der Waals surface area contributed by atoms with Gasteiger partial charge in [0.15, 0.2) is 11.6 Å². The second kappa shape index (κ2) is 6.62. The predicted octanol–water partition coefficient (Wildman–Crippen LogP) is 3.63. The molecule has 2 aromatic rings. The first-order valence-corrected chi connectivity index (χ1v) is 9.56. The van der Waals surface area contributed by atoms with Gasteiger partial charge in [-0.1, -0.05) is 0 Å². The zero-order chi connectivity index (χ0) is 16.4. The molecule has 2 heterocycles. The number of halogens is 2. The molecule has 0 atom stereocenters. The summed E-state index contributed by atoms with van der Waals surface area (Å²) in [6, 6.07) is 6.66. The van der Waals surface area contributed by atoms with Gasteiger partial charge in [0.2, 0.25) is 5.09 Å². The smallest absolute Gasteiger partial charge is 0.276 e. The Bertz CT molecular complexity index is 799. The van der Waals surface area contributed by atoms with E-state index in [2.05, 4.69) is 0 Å². The summed E-state index contributed by atoms with van der Waals surface area (Å²) < 4.78 is 57.5. The molecule has 0 amide bonds. The van der Waals surface area contributed by atoms with Crippen molar-refractivity contribution in [2.45, 2.75) is 28.6 Å². The van der Waals surface area contributed by atoms with E-state index < -0.39 is 21.7 Å². The summed E-state index contributed by atoms with van der Waals surface area (Å²) in [5, 5.41) is -0.0692. The van der Waals surface area contributed by atoms with Crippen LogP contribution in [0.1, 0.15) is 18.6 Å². The van der Waals surface area contributed by atoms with Crippen LogP contribution in [0.2, 0.25) is 0 Å². The van der Waals surface area contributed by atoms with Crippen LogP contribution in [0.25, 0.3) is 0 Å². The highest BCUT2D eigenvalue weighted by molar-refractivity contribution is 7.98. The van der Waals surface area contributed by atoms with E-state index in [9.17, 15) is 17.2 Å². The van der Waals surface area contributed by atoms with Gasteiger partial charge in [0.1, 0.15) is 5.76 Å². The van der Waals surface area contributed by atoms with Gasteiger partial charge in [-0.2, -0.15) is 4.31 Å². The first kappa shape index (κ1) is 16.5. The van der Waals surface area contributed by atoms with E-state index in [0.29, 0.717) is 29.5 Å². The molecule has 124 valence electrons. The van der Waals surface area contributed by atoms with Crippen LogP contribution in [0, 0.1) is 11.6 Å². The molecule has 1 aromatic heterocycles. The Hall–Kier alpha value is -1.38. The molecular formula is C15H15F2NO3S2. The fourth-order valence-corrected chi connectivity index (χ4v) is 4.61. The van der Waals surface area contributed by atoms with Crippen LogP contribution in [-0.4, -0.2) is 25.8 Å². The second-order valence-electron chi connectivity index (χ2n) is 5.20. The number of hydrogen-bond donors (Lipinski definition) is 0. The van der Waals surface area contributed by atoms with E-state index in [1.807, 2.05) is 0 Å². The van der Waals surface area contributed by atoms with Crippen LogP contribution < -0.4 is 0 Å². The van der Waals surface area contributed by atoms with Gasteiger partial charge in [0, 0.05) is 18.0 Å². The van der Waals surface area contributed by atoms with Crippen LogP contribution in [0.15, 0.2) is 44.7 Å². The van der Waals surface area contributed by atoms with Crippen molar-refractivity contribution >= 4 is 21.8 Å². The molecule has 1 fully saturated rings. The van der Waals surface area contributed by atoms with Crippen molar-refractivity contribution in [3.05, 3.63) is 47.7 Å². The molecule has 1 aliphatic rings. The van der Waals surface area contributed by atoms with Crippen molar-refractivity contribution in [2.24, 2.45) is 0 Å². The molecule has 3 rings (SSSR count). The second-order valence-corrected chi connectivity index (χ2v) is 8.11. The zero-order valence-electron chi connectivity index (χ0n) is 12.2. The molecule has 0 unspecified atom stereocenters. The lowest BCUT2D eigenvalue weighted by Gasteiger charge is -2.12. The molecule has 0 spiro atoms. The Labute approximate surface area is 137 Å². The van der Waals surface area contributed by atoms with E-state index >= 15 is 0 Å². The molecule has 0 N–H and O–H groups in total. The fourth-order valence-electron chi connectivity index (χ4n) is 2.35. The molecule has 0 bridgehead atoms. The number of rotatable bonds is 5. The van der Waals surface area contributed by atoms with Crippen molar-refractivity contribution in [2.75, 3.05) is 13.1 Å². The predicted molar refractivity (Wildman–Crippen MR) is 82.6 cm³/mol. The minimum Gasteiger partial charge on any atom is -0.447 e. The van der Waals surface area contributed by atoms with Crippen molar-refractivity contribution in [1.82, 2.24) is 4.31 Å². The van der Waals surface area contributed by atoms with Crippen LogP contribution >= 0.6 is 11.8 Å². The highest BCUT2D eigenvalue weighted by Crippen LogP contribution is 2.28. The number of thioether (sulfide) groups is 1. The zero-order valence-corrected chi connectivity index (χ0v) is 13.8. The SMILES string of the molecule is O=S(=O)(c1ccc(CSc2ccc(F)c(F)c2)o1)N1CCCC1. The van der Waals surface area contributed by atoms with Crippen molar-refractivity contribution in [3.8, 4) is 0 Å². The lowest BCUT2D eigenvalue weighted by atomic mass is 10.3. The van der Waals surface area contributed by atoms with Gasteiger partial charge in [-0.15, -0.1) is 11.8 Å². The first-order chi connectivity index (χ1) is 11.0.